The van der Waals surface area contributed by atoms with E-state index < -0.39 is 5.91 Å². The Hall–Kier alpha value is -2.93. The van der Waals surface area contributed by atoms with Crippen LogP contribution in [0.15, 0.2) is 41.5 Å². The van der Waals surface area contributed by atoms with Crippen LogP contribution >= 0.6 is 11.6 Å². The van der Waals surface area contributed by atoms with Gasteiger partial charge in [0.15, 0.2) is 18.1 Å². The predicted octanol–water partition coefficient (Wildman–Crippen LogP) is 2.89. The van der Waals surface area contributed by atoms with Gasteiger partial charge in [-0.2, -0.15) is 5.10 Å². The molecule has 2 aromatic carbocycles. The van der Waals surface area contributed by atoms with Gasteiger partial charge in [0, 0.05) is 10.6 Å². The van der Waals surface area contributed by atoms with Crippen molar-refractivity contribution in [3.63, 3.8) is 0 Å². The molecule has 2 aromatic rings. The SMILES string of the molecule is COc1cc(C=NNC(=O)COc2ccc(Cl)cc2)cc(OC)c1OC. The number of nitrogens with zero attached hydrogens (tertiary/aromatic N) is 1. The molecule has 1 amide bonds. The number of ether oxygens (including phenoxy) is 4. The summed E-state index contributed by atoms with van der Waals surface area (Å²) in [6.45, 7) is -0.172. The van der Waals surface area contributed by atoms with Crippen LogP contribution in [0.1, 0.15) is 5.56 Å². The van der Waals surface area contributed by atoms with Crippen LogP contribution in [0.3, 0.4) is 0 Å². The Bertz CT molecular complexity index is 753. The number of rotatable bonds is 8. The molecule has 7 nitrogen and oxygen atoms in total. The van der Waals surface area contributed by atoms with Crippen molar-refractivity contribution in [3.8, 4) is 23.0 Å². The van der Waals surface area contributed by atoms with E-state index in [2.05, 4.69) is 10.5 Å². The second-order valence-corrected chi connectivity index (χ2v) is 5.43. The summed E-state index contributed by atoms with van der Waals surface area (Å²) < 4.78 is 21.1. The number of hydrogen-bond acceptors (Lipinski definition) is 6. The highest BCUT2D eigenvalue weighted by Crippen LogP contribution is 2.37. The highest BCUT2D eigenvalue weighted by atomic mass is 35.5. The number of carbonyl (C=O) groups excluding carboxylic acids is 1. The Labute approximate surface area is 156 Å². The van der Waals surface area contributed by atoms with Crippen molar-refractivity contribution in [2.24, 2.45) is 5.10 Å². The topological polar surface area (TPSA) is 78.4 Å². The van der Waals surface area contributed by atoms with Gasteiger partial charge in [-0.3, -0.25) is 4.79 Å². The summed E-state index contributed by atoms with van der Waals surface area (Å²) in [5.41, 5.74) is 3.05. The molecule has 0 bridgehead atoms. The van der Waals surface area contributed by atoms with Gasteiger partial charge in [0.2, 0.25) is 5.75 Å². The van der Waals surface area contributed by atoms with E-state index in [9.17, 15) is 4.79 Å². The first-order chi connectivity index (χ1) is 12.6. The summed E-state index contributed by atoms with van der Waals surface area (Å²) in [6.07, 6.45) is 1.46. The van der Waals surface area contributed by atoms with Gasteiger partial charge in [-0.05, 0) is 36.4 Å². The van der Waals surface area contributed by atoms with E-state index in [4.69, 9.17) is 30.5 Å². The summed E-state index contributed by atoms with van der Waals surface area (Å²) in [4.78, 5) is 11.8. The molecule has 0 spiro atoms. The van der Waals surface area contributed by atoms with E-state index in [1.165, 1.54) is 27.5 Å². The molecule has 0 saturated carbocycles. The summed E-state index contributed by atoms with van der Waals surface area (Å²) in [7, 11) is 4.57. The highest BCUT2D eigenvalue weighted by molar-refractivity contribution is 6.30. The third-order valence-corrected chi connectivity index (χ3v) is 3.53. The zero-order valence-corrected chi connectivity index (χ0v) is 15.4. The third kappa shape index (κ3) is 5.29. The normalized spacial score (nSPS) is 10.5. The lowest BCUT2D eigenvalue weighted by molar-refractivity contribution is -0.123. The summed E-state index contributed by atoms with van der Waals surface area (Å²) >= 11 is 5.78. The van der Waals surface area contributed by atoms with E-state index in [0.717, 1.165) is 0 Å². The molecule has 138 valence electrons. The number of hydrazone groups is 1. The van der Waals surface area contributed by atoms with Crippen LogP contribution in [0, 0.1) is 0 Å². The molecule has 8 heteroatoms. The molecule has 0 unspecified atom stereocenters. The number of methoxy groups -OCH3 is 3. The molecule has 0 aliphatic rings. The second-order valence-electron chi connectivity index (χ2n) is 4.99. The van der Waals surface area contributed by atoms with Crippen LogP contribution in [-0.2, 0) is 4.79 Å². The maximum Gasteiger partial charge on any atom is 0.277 e. The Morgan fingerprint density at radius 3 is 2.23 bits per heavy atom. The number of hydrogen-bond donors (Lipinski definition) is 1. The minimum absolute atomic E-state index is 0.172. The Kier molecular flexibility index (Phi) is 7.11. The zero-order chi connectivity index (χ0) is 18.9. The lowest BCUT2D eigenvalue weighted by Crippen LogP contribution is -2.24. The van der Waals surface area contributed by atoms with Crippen molar-refractivity contribution >= 4 is 23.7 Å². The average molecular weight is 379 g/mol. The fourth-order valence-electron chi connectivity index (χ4n) is 2.07. The lowest BCUT2D eigenvalue weighted by Gasteiger charge is -2.12. The maximum atomic E-state index is 11.8. The standard InChI is InChI=1S/C18H19ClN2O5/c1-23-15-8-12(9-16(24-2)18(15)25-3)10-20-21-17(22)11-26-14-6-4-13(19)5-7-14/h4-10H,11H2,1-3H3,(H,21,22). The van der Waals surface area contributed by atoms with Crippen molar-refractivity contribution in [2.45, 2.75) is 0 Å². The van der Waals surface area contributed by atoms with Gasteiger partial charge in [-0.25, -0.2) is 5.43 Å². The first-order valence-electron chi connectivity index (χ1n) is 7.57. The fraction of sp³-hybridized carbons (Fsp3) is 0.222. The van der Waals surface area contributed by atoms with Gasteiger partial charge < -0.3 is 18.9 Å². The number of amides is 1. The van der Waals surface area contributed by atoms with Gasteiger partial charge >= 0.3 is 0 Å². The number of nitrogens with one attached hydrogen (secondary N) is 1. The smallest absolute Gasteiger partial charge is 0.277 e. The van der Waals surface area contributed by atoms with Crippen molar-refractivity contribution < 1.29 is 23.7 Å². The number of carbonyl (C=O) groups is 1. The Morgan fingerprint density at radius 2 is 1.69 bits per heavy atom. The van der Waals surface area contributed by atoms with Crippen molar-refractivity contribution in [3.05, 3.63) is 47.0 Å². The van der Waals surface area contributed by atoms with Crippen molar-refractivity contribution in [2.75, 3.05) is 27.9 Å². The molecule has 0 saturated heterocycles. The number of benzene rings is 2. The average Bonchev–Trinajstić information content (AvgIpc) is 2.66. The molecule has 0 atom stereocenters. The van der Waals surface area contributed by atoms with Crippen LogP contribution < -0.4 is 24.4 Å². The monoisotopic (exact) mass is 378 g/mol. The van der Waals surface area contributed by atoms with E-state index >= 15 is 0 Å². The minimum Gasteiger partial charge on any atom is -0.493 e. The summed E-state index contributed by atoms with van der Waals surface area (Å²) in [5.74, 6) is 1.60. The molecule has 0 aliphatic carbocycles. The Morgan fingerprint density at radius 1 is 1.08 bits per heavy atom. The van der Waals surface area contributed by atoms with E-state index in [0.29, 0.717) is 33.6 Å². The predicted molar refractivity (Wildman–Crippen MR) is 98.8 cm³/mol. The van der Waals surface area contributed by atoms with Crippen LogP contribution in [-0.4, -0.2) is 40.1 Å². The van der Waals surface area contributed by atoms with Gasteiger partial charge in [-0.15, -0.1) is 0 Å². The molecular weight excluding hydrogens is 360 g/mol. The van der Waals surface area contributed by atoms with Crippen LogP contribution in [0.4, 0.5) is 0 Å². The molecule has 0 aliphatic heterocycles. The van der Waals surface area contributed by atoms with Crippen LogP contribution in [0.2, 0.25) is 5.02 Å². The Balaban J connectivity index is 1.94. The van der Waals surface area contributed by atoms with E-state index in [1.54, 1.807) is 36.4 Å². The van der Waals surface area contributed by atoms with Gasteiger partial charge in [-0.1, -0.05) is 11.6 Å². The second kappa shape index (κ2) is 9.53. The van der Waals surface area contributed by atoms with Gasteiger partial charge in [0.1, 0.15) is 5.75 Å². The van der Waals surface area contributed by atoms with Gasteiger partial charge in [0.05, 0.1) is 27.5 Å². The highest BCUT2D eigenvalue weighted by Gasteiger charge is 2.12. The van der Waals surface area contributed by atoms with Crippen molar-refractivity contribution in [1.29, 1.82) is 0 Å². The van der Waals surface area contributed by atoms with Crippen LogP contribution in [0.5, 0.6) is 23.0 Å². The molecule has 2 rings (SSSR count). The molecule has 0 radical (unpaired) electrons. The minimum atomic E-state index is -0.399. The molecule has 1 N–H and O–H groups in total. The van der Waals surface area contributed by atoms with Crippen molar-refractivity contribution in [1.82, 2.24) is 5.43 Å². The molecule has 0 aromatic heterocycles. The quantitative estimate of drug-likeness (QED) is 0.564. The fourth-order valence-corrected chi connectivity index (χ4v) is 2.19. The number of halogens is 1. The molecule has 26 heavy (non-hydrogen) atoms. The maximum absolute atomic E-state index is 11.8. The summed E-state index contributed by atoms with van der Waals surface area (Å²) in [6, 6.07) is 10.1. The first-order valence-corrected chi connectivity index (χ1v) is 7.95. The van der Waals surface area contributed by atoms with E-state index in [-0.39, 0.29) is 6.61 Å². The lowest BCUT2D eigenvalue weighted by atomic mass is 10.2. The first kappa shape index (κ1) is 19.4. The zero-order valence-electron chi connectivity index (χ0n) is 14.6. The van der Waals surface area contributed by atoms with Crippen LogP contribution in [0.25, 0.3) is 0 Å². The largest absolute Gasteiger partial charge is 0.493 e. The van der Waals surface area contributed by atoms with E-state index in [1.807, 2.05) is 0 Å². The molecule has 0 fully saturated rings. The molecular formula is C18H19ClN2O5. The third-order valence-electron chi connectivity index (χ3n) is 3.27. The molecule has 0 heterocycles. The van der Waals surface area contributed by atoms with Gasteiger partial charge in [0.25, 0.3) is 5.91 Å². The summed E-state index contributed by atoms with van der Waals surface area (Å²) in [5, 5.41) is 4.49.